The summed E-state index contributed by atoms with van der Waals surface area (Å²) in [5, 5.41) is 12.9. The van der Waals surface area contributed by atoms with Gasteiger partial charge in [-0.15, -0.1) is 0 Å². The quantitative estimate of drug-likeness (QED) is 0.801. The van der Waals surface area contributed by atoms with Gasteiger partial charge in [-0.1, -0.05) is 37.3 Å². The number of hydrogen-bond acceptors (Lipinski definition) is 2. The van der Waals surface area contributed by atoms with Gasteiger partial charge in [-0.2, -0.15) is 0 Å². The van der Waals surface area contributed by atoms with Crippen LogP contribution in [-0.4, -0.2) is 16.3 Å². The number of nitrogens with one attached hydrogen (secondary N) is 1. The Kier molecular flexibility index (Phi) is 5.19. The molecule has 0 aliphatic heterocycles. The van der Waals surface area contributed by atoms with E-state index in [4.69, 9.17) is 0 Å². The van der Waals surface area contributed by atoms with E-state index >= 15 is 0 Å². The molecular formula is C16H22N2O. The molecule has 0 radical (unpaired) electrons. The Bertz CT molecular complexity index is 479. The first-order valence-electron chi connectivity index (χ1n) is 6.87. The van der Waals surface area contributed by atoms with E-state index in [1.165, 1.54) is 5.56 Å². The van der Waals surface area contributed by atoms with Crippen LogP contribution in [0.4, 0.5) is 0 Å². The van der Waals surface area contributed by atoms with Crippen LogP contribution in [0.15, 0.2) is 48.8 Å². The average Bonchev–Trinajstić information content (AvgIpc) is 2.89. The Morgan fingerprint density at radius 2 is 2.00 bits per heavy atom. The van der Waals surface area contributed by atoms with Crippen LogP contribution in [0.25, 0.3) is 0 Å². The van der Waals surface area contributed by atoms with Crippen LogP contribution in [0.3, 0.4) is 0 Å². The van der Waals surface area contributed by atoms with Crippen molar-refractivity contribution in [1.29, 1.82) is 0 Å². The first-order chi connectivity index (χ1) is 9.33. The van der Waals surface area contributed by atoms with E-state index in [9.17, 15) is 5.11 Å². The smallest absolute Gasteiger partial charge is 0.0626 e. The van der Waals surface area contributed by atoms with Gasteiger partial charge in [-0.3, -0.25) is 0 Å². The lowest BCUT2D eigenvalue weighted by Gasteiger charge is -2.16. The lowest BCUT2D eigenvalue weighted by Crippen LogP contribution is -2.23. The van der Waals surface area contributed by atoms with Crippen molar-refractivity contribution >= 4 is 0 Å². The van der Waals surface area contributed by atoms with Gasteiger partial charge in [0.2, 0.25) is 0 Å². The number of aromatic nitrogens is 1. The van der Waals surface area contributed by atoms with Gasteiger partial charge < -0.3 is 15.0 Å². The standard InChI is InChI=1S/C16H22N2O/c1-2-9-18-10-8-14(12-18)11-17-16(13-19)15-6-4-3-5-7-15/h3-8,10,12,16-17,19H,2,9,11,13H2,1H3/t16-/m0/s1. The van der Waals surface area contributed by atoms with E-state index < -0.39 is 0 Å². The molecule has 0 bridgehead atoms. The highest BCUT2D eigenvalue weighted by Gasteiger charge is 2.09. The van der Waals surface area contributed by atoms with Gasteiger partial charge >= 0.3 is 0 Å². The topological polar surface area (TPSA) is 37.2 Å². The lowest BCUT2D eigenvalue weighted by molar-refractivity contribution is 0.243. The van der Waals surface area contributed by atoms with Crippen molar-refractivity contribution in [3.05, 3.63) is 59.9 Å². The number of hydrogen-bond donors (Lipinski definition) is 2. The molecule has 2 aromatic rings. The Labute approximate surface area is 114 Å². The summed E-state index contributed by atoms with van der Waals surface area (Å²) in [7, 11) is 0. The molecule has 0 fully saturated rings. The molecule has 1 atom stereocenters. The Balaban J connectivity index is 1.92. The van der Waals surface area contributed by atoms with Crippen molar-refractivity contribution in [2.45, 2.75) is 32.5 Å². The number of aryl methyl sites for hydroxylation is 1. The largest absolute Gasteiger partial charge is 0.394 e. The van der Waals surface area contributed by atoms with E-state index in [1.54, 1.807) is 0 Å². The third-order valence-electron chi connectivity index (χ3n) is 3.23. The van der Waals surface area contributed by atoms with E-state index in [2.05, 4.69) is 35.3 Å². The summed E-state index contributed by atoms with van der Waals surface area (Å²) in [4.78, 5) is 0. The molecule has 1 aromatic heterocycles. The third-order valence-corrected chi connectivity index (χ3v) is 3.23. The van der Waals surface area contributed by atoms with Crippen LogP contribution in [0.1, 0.15) is 30.5 Å². The second-order valence-corrected chi connectivity index (χ2v) is 4.78. The Hall–Kier alpha value is -1.58. The highest BCUT2D eigenvalue weighted by atomic mass is 16.3. The summed E-state index contributed by atoms with van der Waals surface area (Å²) in [5.41, 5.74) is 2.38. The maximum atomic E-state index is 9.48. The zero-order chi connectivity index (χ0) is 13.5. The van der Waals surface area contributed by atoms with Crippen LogP contribution < -0.4 is 5.32 Å². The predicted octanol–water partition coefficient (Wildman–Crippen LogP) is 2.72. The monoisotopic (exact) mass is 258 g/mol. The van der Waals surface area contributed by atoms with Gasteiger partial charge in [0.05, 0.1) is 12.6 Å². The number of aliphatic hydroxyl groups excluding tert-OH is 1. The summed E-state index contributed by atoms with van der Waals surface area (Å²) in [6, 6.07) is 12.2. The molecule has 0 aliphatic rings. The molecule has 3 heteroatoms. The molecule has 0 saturated heterocycles. The zero-order valence-electron chi connectivity index (χ0n) is 11.4. The van der Waals surface area contributed by atoms with Crippen LogP contribution in [0, 0.1) is 0 Å². The molecule has 0 amide bonds. The van der Waals surface area contributed by atoms with Gasteiger partial charge in [-0.25, -0.2) is 0 Å². The molecule has 102 valence electrons. The molecule has 0 saturated carbocycles. The Morgan fingerprint density at radius 1 is 1.21 bits per heavy atom. The molecule has 3 nitrogen and oxygen atoms in total. The molecule has 2 rings (SSSR count). The fourth-order valence-electron chi connectivity index (χ4n) is 2.21. The minimum atomic E-state index is -0.00396. The maximum absolute atomic E-state index is 9.48. The van der Waals surface area contributed by atoms with Gasteiger partial charge in [-0.05, 0) is 23.6 Å². The van der Waals surface area contributed by atoms with Gasteiger partial charge in [0.15, 0.2) is 0 Å². The average molecular weight is 258 g/mol. The minimum absolute atomic E-state index is 0.00396. The van der Waals surface area contributed by atoms with Crippen molar-refractivity contribution in [2.24, 2.45) is 0 Å². The molecule has 19 heavy (non-hydrogen) atoms. The molecule has 0 aliphatic carbocycles. The van der Waals surface area contributed by atoms with Crippen molar-refractivity contribution in [1.82, 2.24) is 9.88 Å². The van der Waals surface area contributed by atoms with Crippen LogP contribution in [0.5, 0.6) is 0 Å². The third kappa shape index (κ3) is 3.94. The maximum Gasteiger partial charge on any atom is 0.0626 e. The number of benzene rings is 1. The van der Waals surface area contributed by atoms with Gasteiger partial charge in [0.25, 0.3) is 0 Å². The van der Waals surface area contributed by atoms with E-state index in [-0.39, 0.29) is 12.6 Å². The SMILES string of the molecule is CCCn1ccc(CN[C@@H](CO)c2ccccc2)c1. The normalized spacial score (nSPS) is 12.5. The molecule has 1 heterocycles. The summed E-state index contributed by atoms with van der Waals surface area (Å²) >= 11 is 0. The number of rotatable bonds is 7. The second-order valence-electron chi connectivity index (χ2n) is 4.78. The molecular weight excluding hydrogens is 236 g/mol. The summed E-state index contributed by atoms with van der Waals surface area (Å²) in [5.74, 6) is 0. The zero-order valence-corrected chi connectivity index (χ0v) is 11.4. The summed E-state index contributed by atoms with van der Waals surface area (Å²) < 4.78 is 2.20. The van der Waals surface area contributed by atoms with Gasteiger partial charge in [0, 0.05) is 25.5 Å². The molecule has 2 N–H and O–H groups in total. The highest BCUT2D eigenvalue weighted by molar-refractivity contribution is 5.19. The minimum Gasteiger partial charge on any atom is -0.394 e. The van der Waals surface area contributed by atoms with E-state index in [0.29, 0.717) is 0 Å². The van der Waals surface area contributed by atoms with Crippen LogP contribution in [0.2, 0.25) is 0 Å². The first-order valence-corrected chi connectivity index (χ1v) is 6.87. The highest BCUT2D eigenvalue weighted by Crippen LogP contribution is 2.13. The molecule has 0 spiro atoms. The molecule has 0 unspecified atom stereocenters. The second kappa shape index (κ2) is 7.12. The van der Waals surface area contributed by atoms with Crippen molar-refractivity contribution < 1.29 is 5.11 Å². The van der Waals surface area contributed by atoms with Crippen LogP contribution in [-0.2, 0) is 13.1 Å². The summed E-state index contributed by atoms with van der Waals surface area (Å²) in [6.07, 6.45) is 5.41. The number of nitrogens with zero attached hydrogens (tertiary/aromatic N) is 1. The fourth-order valence-corrected chi connectivity index (χ4v) is 2.21. The Morgan fingerprint density at radius 3 is 2.68 bits per heavy atom. The molecule has 1 aromatic carbocycles. The lowest BCUT2D eigenvalue weighted by atomic mass is 10.1. The van der Waals surface area contributed by atoms with E-state index in [0.717, 1.165) is 25.1 Å². The van der Waals surface area contributed by atoms with E-state index in [1.807, 2.05) is 30.3 Å². The predicted molar refractivity (Wildman–Crippen MR) is 77.8 cm³/mol. The number of aliphatic hydroxyl groups is 1. The van der Waals surface area contributed by atoms with Gasteiger partial charge in [0.1, 0.15) is 0 Å². The summed E-state index contributed by atoms with van der Waals surface area (Å²) in [6.45, 7) is 4.12. The van der Waals surface area contributed by atoms with Crippen molar-refractivity contribution in [2.75, 3.05) is 6.61 Å². The van der Waals surface area contributed by atoms with Crippen molar-refractivity contribution in [3.8, 4) is 0 Å². The first kappa shape index (κ1) is 13.8. The fraction of sp³-hybridized carbons (Fsp3) is 0.375. The van der Waals surface area contributed by atoms with Crippen LogP contribution >= 0.6 is 0 Å². The van der Waals surface area contributed by atoms with Crippen molar-refractivity contribution in [3.63, 3.8) is 0 Å².